The molecule has 0 aliphatic carbocycles. The monoisotopic (exact) mass is 313 g/mol. The fourth-order valence-electron chi connectivity index (χ4n) is 1.44. The predicted molar refractivity (Wildman–Crippen MR) is 77.5 cm³/mol. The second-order valence-electron chi connectivity index (χ2n) is 4.73. The lowest BCUT2D eigenvalue weighted by Gasteiger charge is -2.12. The summed E-state index contributed by atoms with van der Waals surface area (Å²) in [5.41, 5.74) is 0.193. The van der Waals surface area contributed by atoms with Crippen molar-refractivity contribution in [2.45, 2.75) is 38.1 Å². The number of ether oxygens (including phenoxy) is 1. The first-order valence-corrected chi connectivity index (χ1v) is 8.03. The van der Waals surface area contributed by atoms with Gasteiger partial charge in [0.05, 0.1) is 10.5 Å². The zero-order valence-electron chi connectivity index (χ0n) is 12.3. The summed E-state index contributed by atoms with van der Waals surface area (Å²) in [4.78, 5) is 22.4. The summed E-state index contributed by atoms with van der Waals surface area (Å²) in [7, 11) is -3.60. The first-order chi connectivity index (χ1) is 9.76. The number of carbonyl (C=O) groups is 2. The van der Waals surface area contributed by atoms with Gasteiger partial charge in [0.1, 0.15) is 6.61 Å². The maximum atomic E-state index is 12.0. The van der Waals surface area contributed by atoms with Crippen LogP contribution >= 0.6 is 0 Å². The van der Waals surface area contributed by atoms with Gasteiger partial charge in [0.25, 0.3) is 0 Å². The summed E-state index contributed by atoms with van der Waals surface area (Å²) in [5.74, 6) is -0.927. The predicted octanol–water partition coefficient (Wildman–Crippen LogP) is 1.51. The zero-order chi connectivity index (χ0) is 16.0. The summed E-state index contributed by atoms with van der Waals surface area (Å²) < 4.78 is 31.3. The molecule has 0 fully saturated rings. The van der Waals surface area contributed by atoms with Gasteiger partial charge in [-0.2, -0.15) is 0 Å². The highest BCUT2D eigenvalue weighted by atomic mass is 32.2. The van der Waals surface area contributed by atoms with E-state index >= 15 is 0 Å². The van der Waals surface area contributed by atoms with Crippen molar-refractivity contribution in [1.29, 1.82) is 0 Å². The van der Waals surface area contributed by atoms with Crippen LogP contribution in [0.15, 0.2) is 29.2 Å². The van der Waals surface area contributed by atoms with Gasteiger partial charge in [-0.1, -0.05) is 6.92 Å². The van der Waals surface area contributed by atoms with Crippen molar-refractivity contribution in [1.82, 2.24) is 4.72 Å². The van der Waals surface area contributed by atoms with E-state index in [9.17, 15) is 18.0 Å². The normalized spacial score (nSPS) is 12.7. The van der Waals surface area contributed by atoms with E-state index in [1.807, 2.05) is 6.92 Å². The molecule has 0 saturated carbocycles. The highest BCUT2D eigenvalue weighted by molar-refractivity contribution is 7.89. The number of ketones is 1. The Labute approximate surface area is 124 Å². The third-order valence-electron chi connectivity index (χ3n) is 2.78. The van der Waals surface area contributed by atoms with Gasteiger partial charge in [0.2, 0.25) is 10.0 Å². The van der Waals surface area contributed by atoms with E-state index in [-0.39, 0.29) is 28.9 Å². The zero-order valence-corrected chi connectivity index (χ0v) is 13.1. The van der Waals surface area contributed by atoms with E-state index in [0.717, 1.165) is 0 Å². The van der Waals surface area contributed by atoms with Crippen molar-refractivity contribution in [2.75, 3.05) is 6.61 Å². The Morgan fingerprint density at radius 3 is 2.29 bits per heavy atom. The third-order valence-corrected chi connectivity index (χ3v) is 4.38. The van der Waals surface area contributed by atoms with Crippen LogP contribution in [0.3, 0.4) is 0 Å². The molecule has 116 valence electrons. The second kappa shape index (κ2) is 7.33. The number of Topliss-reactive ketones (excluding diaryl/α,β-unsaturated/α-hetero) is 1. The number of hydrogen-bond donors (Lipinski definition) is 1. The lowest BCUT2D eigenvalue weighted by molar-refractivity contribution is -0.120. The standard InChI is InChI=1S/C14H19NO5S/c1-4-10(2)15-21(18,19)13-7-5-12(6-8-13)14(17)20-9-11(3)16/h5-8,10,15H,4,9H2,1-3H3/t10-/m0/s1. The molecule has 0 aliphatic heterocycles. The van der Waals surface area contributed by atoms with Gasteiger partial charge >= 0.3 is 5.97 Å². The van der Waals surface area contributed by atoms with Gasteiger partial charge < -0.3 is 4.74 Å². The topological polar surface area (TPSA) is 89.5 Å². The van der Waals surface area contributed by atoms with Crippen LogP contribution in [0.1, 0.15) is 37.6 Å². The molecule has 1 aromatic rings. The molecule has 1 aromatic carbocycles. The molecule has 1 atom stereocenters. The second-order valence-corrected chi connectivity index (χ2v) is 6.45. The number of benzene rings is 1. The molecule has 6 nitrogen and oxygen atoms in total. The average Bonchev–Trinajstić information content (AvgIpc) is 2.44. The molecule has 0 spiro atoms. The van der Waals surface area contributed by atoms with E-state index in [1.165, 1.54) is 31.2 Å². The Balaban J connectivity index is 2.82. The van der Waals surface area contributed by atoms with Gasteiger partial charge in [-0.15, -0.1) is 0 Å². The Morgan fingerprint density at radius 1 is 1.24 bits per heavy atom. The van der Waals surface area contributed by atoms with E-state index in [0.29, 0.717) is 6.42 Å². The maximum absolute atomic E-state index is 12.0. The van der Waals surface area contributed by atoms with Crippen LogP contribution in [-0.2, 0) is 19.6 Å². The first kappa shape index (κ1) is 17.3. The molecule has 21 heavy (non-hydrogen) atoms. The number of esters is 1. The average molecular weight is 313 g/mol. The molecule has 0 aliphatic rings. The van der Waals surface area contributed by atoms with Crippen LogP contribution in [0.4, 0.5) is 0 Å². The molecule has 1 rings (SSSR count). The largest absolute Gasteiger partial charge is 0.454 e. The first-order valence-electron chi connectivity index (χ1n) is 6.55. The third kappa shape index (κ3) is 5.28. The smallest absolute Gasteiger partial charge is 0.338 e. The number of sulfonamides is 1. The lowest BCUT2D eigenvalue weighted by Crippen LogP contribution is -2.32. The van der Waals surface area contributed by atoms with Crippen LogP contribution in [-0.4, -0.2) is 32.8 Å². The molecular formula is C14H19NO5S. The number of nitrogens with one attached hydrogen (secondary N) is 1. The lowest BCUT2D eigenvalue weighted by atomic mass is 10.2. The number of rotatable bonds is 7. The van der Waals surface area contributed by atoms with Gasteiger partial charge in [-0.25, -0.2) is 17.9 Å². The minimum atomic E-state index is -3.60. The van der Waals surface area contributed by atoms with Gasteiger partial charge in [0, 0.05) is 6.04 Å². The van der Waals surface area contributed by atoms with Crippen molar-refractivity contribution in [3.8, 4) is 0 Å². The molecule has 0 saturated heterocycles. The van der Waals surface area contributed by atoms with Crippen molar-refractivity contribution in [3.63, 3.8) is 0 Å². The molecule has 7 heteroatoms. The summed E-state index contributed by atoms with van der Waals surface area (Å²) in [6.07, 6.45) is 0.675. The highest BCUT2D eigenvalue weighted by Crippen LogP contribution is 2.12. The molecule has 0 aromatic heterocycles. The summed E-state index contributed by atoms with van der Waals surface area (Å²) in [6, 6.07) is 5.20. The van der Waals surface area contributed by atoms with Crippen LogP contribution in [0.5, 0.6) is 0 Å². The summed E-state index contributed by atoms with van der Waals surface area (Å²) in [5, 5.41) is 0. The Bertz CT molecular complexity index is 607. The number of carbonyl (C=O) groups excluding carboxylic acids is 2. The van der Waals surface area contributed by atoms with E-state index in [1.54, 1.807) is 6.92 Å². The van der Waals surface area contributed by atoms with Gasteiger partial charge in [-0.3, -0.25) is 4.79 Å². The minimum absolute atomic E-state index is 0.0749. The van der Waals surface area contributed by atoms with E-state index < -0.39 is 16.0 Å². The Morgan fingerprint density at radius 2 is 1.81 bits per heavy atom. The Kier molecular flexibility index (Phi) is 6.04. The molecule has 0 heterocycles. The maximum Gasteiger partial charge on any atom is 0.338 e. The van der Waals surface area contributed by atoms with E-state index in [2.05, 4.69) is 4.72 Å². The highest BCUT2D eigenvalue weighted by Gasteiger charge is 2.17. The van der Waals surface area contributed by atoms with Crippen LogP contribution < -0.4 is 4.72 Å². The van der Waals surface area contributed by atoms with Crippen LogP contribution in [0, 0.1) is 0 Å². The molecule has 0 unspecified atom stereocenters. The van der Waals surface area contributed by atoms with Crippen molar-refractivity contribution in [3.05, 3.63) is 29.8 Å². The van der Waals surface area contributed by atoms with E-state index in [4.69, 9.17) is 4.74 Å². The summed E-state index contributed by atoms with van der Waals surface area (Å²) in [6.45, 7) is 4.66. The minimum Gasteiger partial charge on any atom is -0.454 e. The SMILES string of the molecule is CC[C@H](C)NS(=O)(=O)c1ccc(C(=O)OCC(C)=O)cc1. The molecule has 1 N–H and O–H groups in total. The van der Waals surface area contributed by atoms with Crippen molar-refractivity contribution < 1.29 is 22.7 Å². The molecular weight excluding hydrogens is 294 g/mol. The van der Waals surface area contributed by atoms with Crippen LogP contribution in [0.25, 0.3) is 0 Å². The molecule has 0 bridgehead atoms. The fourth-order valence-corrected chi connectivity index (χ4v) is 2.76. The van der Waals surface area contributed by atoms with Crippen LogP contribution in [0.2, 0.25) is 0 Å². The van der Waals surface area contributed by atoms with Crippen molar-refractivity contribution in [2.24, 2.45) is 0 Å². The molecule has 0 amide bonds. The quantitative estimate of drug-likeness (QED) is 0.771. The molecule has 0 radical (unpaired) electrons. The number of hydrogen-bond acceptors (Lipinski definition) is 5. The van der Waals surface area contributed by atoms with Gasteiger partial charge in [-0.05, 0) is 44.5 Å². The Hall–Kier alpha value is -1.73. The fraction of sp³-hybridized carbons (Fsp3) is 0.429. The summed E-state index contributed by atoms with van der Waals surface area (Å²) >= 11 is 0. The van der Waals surface area contributed by atoms with Gasteiger partial charge in [0.15, 0.2) is 5.78 Å². The van der Waals surface area contributed by atoms with Crippen molar-refractivity contribution >= 4 is 21.8 Å².